The minimum atomic E-state index is -0.217. The first-order valence-electron chi connectivity index (χ1n) is 9.12. The van der Waals surface area contributed by atoms with Crippen LogP contribution in [0.1, 0.15) is 22.5 Å². The predicted molar refractivity (Wildman–Crippen MR) is 115 cm³/mol. The van der Waals surface area contributed by atoms with Crippen LogP contribution in [0.25, 0.3) is 0 Å². The lowest BCUT2D eigenvalue weighted by atomic mass is 10.2. The van der Waals surface area contributed by atoms with Crippen molar-refractivity contribution in [1.29, 1.82) is 0 Å². The topological polar surface area (TPSA) is 76.5 Å². The van der Waals surface area contributed by atoms with Gasteiger partial charge in [0.25, 0.3) is 5.91 Å². The van der Waals surface area contributed by atoms with Crippen LogP contribution in [0, 0.1) is 13.8 Å². The van der Waals surface area contributed by atoms with Gasteiger partial charge in [0.2, 0.25) is 0 Å². The number of hydrogen-bond donors (Lipinski definition) is 1. The Bertz CT molecular complexity index is 973. The maximum absolute atomic E-state index is 12.0. The minimum absolute atomic E-state index is 0.195. The molecule has 0 fully saturated rings. The number of nitrogens with zero attached hydrogens (tertiary/aromatic N) is 3. The lowest BCUT2D eigenvalue weighted by Gasteiger charge is -2.06. The molecule has 3 rings (SSSR count). The number of rotatable bonds is 8. The van der Waals surface area contributed by atoms with E-state index < -0.39 is 0 Å². The normalized spacial score (nSPS) is 10.8. The van der Waals surface area contributed by atoms with Crippen molar-refractivity contribution in [3.63, 3.8) is 0 Å². The van der Waals surface area contributed by atoms with Crippen LogP contribution in [0.4, 0.5) is 0 Å². The summed E-state index contributed by atoms with van der Waals surface area (Å²) in [6.07, 6.45) is 1.59. The Labute approximate surface area is 174 Å². The molecule has 0 spiro atoms. The lowest BCUT2D eigenvalue weighted by Crippen LogP contribution is -2.19. The van der Waals surface area contributed by atoms with Crippen molar-refractivity contribution in [3.8, 4) is 5.75 Å². The van der Waals surface area contributed by atoms with Crippen molar-refractivity contribution < 1.29 is 9.53 Å². The van der Waals surface area contributed by atoms with Crippen LogP contribution in [0.2, 0.25) is 0 Å². The first-order chi connectivity index (χ1) is 14.1. The van der Waals surface area contributed by atoms with Crippen LogP contribution >= 0.6 is 11.8 Å². The smallest absolute Gasteiger partial charge is 0.250 e. The second-order valence-electron chi connectivity index (χ2n) is 6.36. The molecule has 0 saturated carbocycles. The summed E-state index contributed by atoms with van der Waals surface area (Å²) >= 11 is 1.28. The molecule has 29 heavy (non-hydrogen) atoms. The Morgan fingerprint density at radius 2 is 1.83 bits per heavy atom. The van der Waals surface area contributed by atoms with E-state index in [1.807, 2.05) is 74.5 Å². The van der Waals surface area contributed by atoms with Crippen molar-refractivity contribution in [2.75, 3.05) is 5.75 Å². The number of carbonyl (C=O) groups excluding carboxylic acids is 1. The summed E-state index contributed by atoms with van der Waals surface area (Å²) in [7, 11) is 0. The zero-order chi connectivity index (χ0) is 20.5. The molecule has 1 heterocycles. The first-order valence-corrected chi connectivity index (χ1v) is 10.1. The highest BCUT2D eigenvalue weighted by Gasteiger charge is 2.05. The summed E-state index contributed by atoms with van der Waals surface area (Å²) in [6, 6.07) is 19.4. The number of carbonyl (C=O) groups is 1. The molecule has 1 amide bonds. The third-order valence-electron chi connectivity index (χ3n) is 3.80. The van der Waals surface area contributed by atoms with Crippen molar-refractivity contribution in [1.82, 2.24) is 15.4 Å². The summed E-state index contributed by atoms with van der Waals surface area (Å²) in [6.45, 7) is 4.30. The van der Waals surface area contributed by atoms with Gasteiger partial charge in [0, 0.05) is 11.4 Å². The van der Waals surface area contributed by atoms with Crippen LogP contribution in [0.5, 0.6) is 5.75 Å². The van der Waals surface area contributed by atoms with Gasteiger partial charge in [-0.25, -0.2) is 15.4 Å². The van der Waals surface area contributed by atoms with E-state index >= 15 is 0 Å². The summed E-state index contributed by atoms with van der Waals surface area (Å²) in [5.41, 5.74) is 6.22. The van der Waals surface area contributed by atoms with Crippen LogP contribution in [0.15, 0.2) is 70.9 Å². The number of aryl methyl sites for hydroxylation is 2. The molecule has 148 valence electrons. The molecule has 0 saturated heterocycles. The molecule has 1 aromatic heterocycles. The van der Waals surface area contributed by atoms with E-state index in [4.69, 9.17) is 4.74 Å². The van der Waals surface area contributed by atoms with E-state index in [9.17, 15) is 4.79 Å². The van der Waals surface area contributed by atoms with Gasteiger partial charge in [0.05, 0.1) is 12.0 Å². The molecule has 0 aliphatic heterocycles. The van der Waals surface area contributed by atoms with E-state index in [1.165, 1.54) is 11.8 Å². The third-order valence-corrected chi connectivity index (χ3v) is 4.65. The Kier molecular flexibility index (Phi) is 7.35. The van der Waals surface area contributed by atoms with Crippen molar-refractivity contribution in [2.45, 2.75) is 25.6 Å². The number of benzene rings is 2. The van der Waals surface area contributed by atoms with Gasteiger partial charge in [-0.2, -0.15) is 5.10 Å². The first kappa shape index (κ1) is 20.5. The molecular formula is C22H22N4O2S. The van der Waals surface area contributed by atoms with Gasteiger partial charge in [-0.05, 0) is 43.2 Å². The van der Waals surface area contributed by atoms with Gasteiger partial charge in [-0.1, -0.05) is 54.2 Å². The molecule has 3 aromatic rings. The van der Waals surface area contributed by atoms with E-state index in [1.54, 1.807) is 6.21 Å². The Morgan fingerprint density at radius 1 is 1.07 bits per heavy atom. The second-order valence-corrected chi connectivity index (χ2v) is 7.30. The van der Waals surface area contributed by atoms with Gasteiger partial charge in [-0.3, -0.25) is 4.79 Å². The van der Waals surface area contributed by atoms with Crippen LogP contribution < -0.4 is 10.2 Å². The van der Waals surface area contributed by atoms with Gasteiger partial charge < -0.3 is 4.74 Å². The Balaban J connectivity index is 1.47. The number of thioether (sulfide) groups is 1. The molecule has 7 heteroatoms. The van der Waals surface area contributed by atoms with Gasteiger partial charge in [-0.15, -0.1) is 0 Å². The van der Waals surface area contributed by atoms with Crippen LogP contribution in [0.3, 0.4) is 0 Å². The fourth-order valence-electron chi connectivity index (χ4n) is 2.52. The van der Waals surface area contributed by atoms with Crippen LogP contribution in [-0.2, 0) is 11.4 Å². The SMILES string of the molecule is Cc1cc(C)nc(SCC(=O)N/N=C/c2cccc(OCc3ccccc3)c2)n1. The molecule has 1 N–H and O–H groups in total. The van der Waals surface area contributed by atoms with E-state index in [2.05, 4.69) is 20.5 Å². The monoisotopic (exact) mass is 406 g/mol. The zero-order valence-corrected chi connectivity index (χ0v) is 17.1. The Hall–Kier alpha value is -3.19. The zero-order valence-electron chi connectivity index (χ0n) is 16.3. The maximum Gasteiger partial charge on any atom is 0.250 e. The summed E-state index contributed by atoms with van der Waals surface area (Å²) in [4.78, 5) is 20.6. The van der Waals surface area contributed by atoms with E-state index in [-0.39, 0.29) is 11.7 Å². The molecule has 0 aliphatic rings. The molecule has 0 unspecified atom stereocenters. The van der Waals surface area contributed by atoms with Gasteiger partial charge in [0.15, 0.2) is 5.16 Å². The molecule has 0 bridgehead atoms. The fraction of sp³-hybridized carbons (Fsp3) is 0.182. The number of ether oxygens (including phenoxy) is 1. The van der Waals surface area contributed by atoms with Crippen molar-refractivity contribution >= 4 is 23.9 Å². The molecule has 0 radical (unpaired) electrons. The number of hydrogen-bond acceptors (Lipinski definition) is 6. The summed E-state index contributed by atoms with van der Waals surface area (Å²) in [5.74, 6) is 0.720. The average Bonchev–Trinajstić information content (AvgIpc) is 2.71. The molecule has 6 nitrogen and oxygen atoms in total. The second kappa shape index (κ2) is 10.4. The largest absolute Gasteiger partial charge is 0.489 e. The molecular weight excluding hydrogens is 384 g/mol. The number of amides is 1. The quantitative estimate of drug-likeness (QED) is 0.266. The average molecular weight is 407 g/mol. The highest BCUT2D eigenvalue weighted by Crippen LogP contribution is 2.15. The third kappa shape index (κ3) is 7.04. The van der Waals surface area contributed by atoms with Crippen LogP contribution in [-0.4, -0.2) is 27.8 Å². The summed E-state index contributed by atoms with van der Waals surface area (Å²) < 4.78 is 5.80. The summed E-state index contributed by atoms with van der Waals surface area (Å²) in [5, 5.41) is 4.60. The molecule has 2 aromatic carbocycles. The minimum Gasteiger partial charge on any atom is -0.489 e. The number of aromatic nitrogens is 2. The number of hydrazone groups is 1. The molecule has 0 atom stereocenters. The lowest BCUT2D eigenvalue weighted by molar-refractivity contribution is -0.118. The number of nitrogens with one attached hydrogen (secondary N) is 1. The van der Waals surface area contributed by atoms with E-state index in [0.717, 1.165) is 28.3 Å². The Morgan fingerprint density at radius 3 is 2.59 bits per heavy atom. The van der Waals surface area contributed by atoms with Crippen molar-refractivity contribution in [3.05, 3.63) is 83.2 Å². The standard InChI is InChI=1S/C22H22N4O2S/c1-16-11-17(2)25-22(24-16)29-15-21(27)26-23-13-19-9-6-10-20(12-19)28-14-18-7-4-3-5-8-18/h3-13H,14-15H2,1-2H3,(H,26,27)/b23-13+. The highest BCUT2D eigenvalue weighted by molar-refractivity contribution is 7.99. The van der Waals surface area contributed by atoms with Gasteiger partial charge in [0.1, 0.15) is 12.4 Å². The molecule has 0 aliphatic carbocycles. The van der Waals surface area contributed by atoms with E-state index in [0.29, 0.717) is 11.8 Å². The highest BCUT2D eigenvalue weighted by atomic mass is 32.2. The fourth-order valence-corrected chi connectivity index (χ4v) is 3.27. The predicted octanol–water partition coefficient (Wildman–Crippen LogP) is 3.91. The maximum atomic E-state index is 12.0. The van der Waals surface area contributed by atoms with Crippen molar-refractivity contribution in [2.24, 2.45) is 5.10 Å². The van der Waals surface area contributed by atoms with Gasteiger partial charge >= 0.3 is 0 Å².